The van der Waals surface area contributed by atoms with E-state index in [1.807, 2.05) is 6.07 Å². The number of hydrogen-bond acceptors (Lipinski definition) is 2. The minimum Gasteiger partial charge on any atom is -0.273 e. The fourth-order valence-corrected chi connectivity index (χ4v) is 2.80. The number of amides is 2. The zero-order valence-electron chi connectivity index (χ0n) is 15.7. The monoisotopic (exact) mass is 346 g/mol. The maximum atomic E-state index is 11.8. The van der Waals surface area contributed by atoms with E-state index in [2.05, 4.69) is 17.8 Å². The van der Waals surface area contributed by atoms with Crippen LogP contribution in [0.5, 0.6) is 0 Å². The van der Waals surface area contributed by atoms with Gasteiger partial charge in [0.2, 0.25) is 5.91 Å². The second-order valence-corrected chi connectivity index (χ2v) is 6.65. The molecule has 0 fully saturated rings. The van der Waals surface area contributed by atoms with Crippen LogP contribution in [0.25, 0.3) is 0 Å². The summed E-state index contributed by atoms with van der Waals surface area (Å²) in [6.45, 7) is 2.25. The maximum Gasteiger partial charge on any atom is 0.269 e. The first-order chi connectivity index (χ1) is 12.2. The molecule has 0 aliphatic rings. The third kappa shape index (κ3) is 11.4. The van der Waals surface area contributed by atoms with Gasteiger partial charge in [0.05, 0.1) is 0 Å². The van der Waals surface area contributed by atoms with Gasteiger partial charge < -0.3 is 0 Å². The smallest absolute Gasteiger partial charge is 0.269 e. The van der Waals surface area contributed by atoms with Crippen molar-refractivity contribution in [3.8, 4) is 0 Å². The van der Waals surface area contributed by atoms with Crippen molar-refractivity contribution in [3.63, 3.8) is 0 Å². The lowest BCUT2D eigenvalue weighted by atomic mass is 10.1. The molecule has 0 radical (unpaired) electrons. The molecule has 0 aliphatic carbocycles. The topological polar surface area (TPSA) is 58.2 Å². The summed E-state index contributed by atoms with van der Waals surface area (Å²) in [4.78, 5) is 23.5. The van der Waals surface area contributed by atoms with Gasteiger partial charge in [-0.2, -0.15) is 0 Å². The molecule has 0 saturated carbocycles. The summed E-state index contributed by atoms with van der Waals surface area (Å²) in [6.07, 6.45) is 14.3. The van der Waals surface area contributed by atoms with Crippen molar-refractivity contribution in [2.45, 2.75) is 84.0 Å². The standard InChI is InChI=1S/C21H34N2O2/c1-2-3-4-5-6-7-8-9-10-11-15-18-20(24)22-23-21(25)19-16-13-12-14-17-19/h12-14,16-17H,2-11,15,18H2,1H3,(H,22,24)(H,23,25). The second-order valence-electron chi connectivity index (χ2n) is 6.65. The van der Waals surface area contributed by atoms with E-state index in [0.717, 1.165) is 12.8 Å². The van der Waals surface area contributed by atoms with Crippen molar-refractivity contribution >= 4 is 11.8 Å². The Kier molecular flexibility index (Phi) is 12.3. The number of rotatable bonds is 13. The summed E-state index contributed by atoms with van der Waals surface area (Å²) in [6, 6.07) is 8.86. The van der Waals surface area contributed by atoms with Crippen LogP contribution in [0.3, 0.4) is 0 Å². The van der Waals surface area contributed by atoms with Gasteiger partial charge in [0.25, 0.3) is 5.91 Å². The van der Waals surface area contributed by atoms with Crippen LogP contribution in [0, 0.1) is 0 Å². The molecule has 0 aliphatic heterocycles. The Morgan fingerprint density at radius 1 is 0.720 bits per heavy atom. The van der Waals surface area contributed by atoms with Gasteiger partial charge in [-0.05, 0) is 18.6 Å². The molecule has 2 amide bonds. The van der Waals surface area contributed by atoms with Gasteiger partial charge in [-0.15, -0.1) is 0 Å². The zero-order valence-corrected chi connectivity index (χ0v) is 15.7. The number of carbonyl (C=O) groups excluding carboxylic acids is 2. The minimum absolute atomic E-state index is 0.125. The quantitative estimate of drug-likeness (QED) is 0.383. The lowest BCUT2D eigenvalue weighted by Gasteiger charge is -2.07. The second kappa shape index (κ2) is 14.5. The average Bonchev–Trinajstić information content (AvgIpc) is 2.65. The first-order valence-corrected chi connectivity index (χ1v) is 9.88. The van der Waals surface area contributed by atoms with Gasteiger partial charge in [0.1, 0.15) is 0 Å². The molecule has 25 heavy (non-hydrogen) atoms. The SMILES string of the molecule is CCCCCCCCCCCCCC(=O)NNC(=O)c1ccccc1. The molecule has 1 aromatic rings. The lowest BCUT2D eigenvalue weighted by Crippen LogP contribution is -2.41. The zero-order chi connectivity index (χ0) is 18.2. The highest BCUT2D eigenvalue weighted by Crippen LogP contribution is 2.11. The van der Waals surface area contributed by atoms with Crippen LogP contribution in [-0.4, -0.2) is 11.8 Å². The summed E-state index contributed by atoms with van der Waals surface area (Å²) in [5.41, 5.74) is 5.47. The number of nitrogens with one attached hydrogen (secondary N) is 2. The highest BCUT2D eigenvalue weighted by Gasteiger charge is 2.06. The van der Waals surface area contributed by atoms with Crippen molar-refractivity contribution in [1.29, 1.82) is 0 Å². The summed E-state index contributed by atoms with van der Waals surface area (Å²) < 4.78 is 0. The summed E-state index contributed by atoms with van der Waals surface area (Å²) in [5, 5.41) is 0. The van der Waals surface area contributed by atoms with Crippen LogP contribution in [-0.2, 0) is 4.79 Å². The molecule has 0 saturated heterocycles. The van der Waals surface area contributed by atoms with E-state index in [1.165, 1.54) is 57.8 Å². The van der Waals surface area contributed by atoms with Gasteiger partial charge in [-0.3, -0.25) is 20.4 Å². The highest BCUT2D eigenvalue weighted by atomic mass is 16.2. The van der Waals surface area contributed by atoms with E-state index in [4.69, 9.17) is 0 Å². The Balaban J connectivity index is 1.91. The predicted molar refractivity (Wildman–Crippen MR) is 103 cm³/mol. The molecule has 0 atom stereocenters. The fraction of sp³-hybridized carbons (Fsp3) is 0.619. The van der Waals surface area contributed by atoms with Crippen molar-refractivity contribution in [2.24, 2.45) is 0 Å². The molecule has 4 heteroatoms. The Bertz CT molecular complexity index is 474. The third-order valence-corrected chi connectivity index (χ3v) is 4.36. The Labute approximate surface area is 152 Å². The van der Waals surface area contributed by atoms with E-state index < -0.39 is 0 Å². The number of hydrogen-bond donors (Lipinski definition) is 2. The maximum absolute atomic E-state index is 11.8. The Morgan fingerprint density at radius 2 is 1.24 bits per heavy atom. The molecule has 0 unspecified atom stereocenters. The molecule has 0 spiro atoms. The lowest BCUT2D eigenvalue weighted by molar-refractivity contribution is -0.122. The first kappa shape index (κ1) is 21.2. The van der Waals surface area contributed by atoms with E-state index in [1.54, 1.807) is 24.3 Å². The van der Waals surface area contributed by atoms with Crippen LogP contribution < -0.4 is 10.9 Å². The average molecular weight is 347 g/mol. The van der Waals surface area contributed by atoms with E-state index >= 15 is 0 Å². The van der Waals surface area contributed by atoms with Crippen LogP contribution in [0.15, 0.2) is 30.3 Å². The van der Waals surface area contributed by atoms with Crippen LogP contribution >= 0.6 is 0 Å². The Hall–Kier alpha value is -1.84. The molecule has 1 rings (SSSR count). The minimum atomic E-state index is -0.284. The first-order valence-electron chi connectivity index (χ1n) is 9.88. The summed E-state index contributed by atoms with van der Waals surface area (Å²) in [5.74, 6) is -0.409. The number of unbranched alkanes of at least 4 members (excludes halogenated alkanes) is 10. The molecule has 140 valence electrons. The number of carbonyl (C=O) groups is 2. The van der Waals surface area contributed by atoms with Gasteiger partial charge in [0, 0.05) is 12.0 Å². The largest absolute Gasteiger partial charge is 0.273 e. The molecular weight excluding hydrogens is 312 g/mol. The highest BCUT2D eigenvalue weighted by molar-refractivity contribution is 5.95. The summed E-state index contributed by atoms with van der Waals surface area (Å²) in [7, 11) is 0. The fourth-order valence-electron chi connectivity index (χ4n) is 2.80. The van der Waals surface area contributed by atoms with Crippen LogP contribution in [0.4, 0.5) is 0 Å². The normalized spacial score (nSPS) is 10.4. The van der Waals surface area contributed by atoms with Crippen molar-refractivity contribution < 1.29 is 9.59 Å². The Morgan fingerprint density at radius 3 is 1.80 bits per heavy atom. The third-order valence-electron chi connectivity index (χ3n) is 4.36. The van der Waals surface area contributed by atoms with E-state index in [9.17, 15) is 9.59 Å². The molecule has 2 N–H and O–H groups in total. The van der Waals surface area contributed by atoms with Gasteiger partial charge >= 0.3 is 0 Å². The van der Waals surface area contributed by atoms with Gasteiger partial charge in [-0.25, -0.2) is 0 Å². The van der Waals surface area contributed by atoms with E-state index in [0.29, 0.717) is 12.0 Å². The molecule has 1 aromatic carbocycles. The molecule has 0 heterocycles. The number of hydrazine groups is 1. The van der Waals surface area contributed by atoms with Crippen molar-refractivity contribution in [3.05, 3.63) is 35.9 Å². The summed E-state index contributed by atoms with van der Waals surface area (Å²) >= 11 is 0. The van der Waals surface area contributed by atoms with Crippen LogP contribution in [0.2, 0.25) is 0 Å². The number of benzene rings is 1. The van der Waals surface area contributed by atoms with Crippen LogP contribution in [0.1, 0.15) is 94.3 Å². The molecule has 0 aromatic heterocycles. The van der Waals surface area contributed by atoms with Gasteiger partial charge in [-0.1, -0.05) is 89.3 Å². The van der Waals surface area contributed by atoms with Crippen molar-refractivity contribution in [2.75, 3.05) is 0 Å². The molecule has 4 nitrogen and oxygen atoms in total. The molecular formula is C21H34N2O2. The molecule has 0 bridgehead atoms. The predicted octanol–water partition coefficient (Wildman–Crippen LogP) is 5.15. The van der Waals surface area contributed by atoms with Crippen molar-refractivity contribution in [1.82, 2.24) is 10.9 Å². The van der Waals surface area contributed by atoms with Gasteiger partial charge in [0.15, 0.2) is 0 Å². The van der Waals surface area contributed by atoms with E-state index in [-0.39, 0.29) is 11.8 Å².